The monoisotopic (exact) mass is 399 g/mol. The lowest BCUT2D eigenvalue weighted by molar-refractivity contribution is -0.168. The van der Waals surface area contributed by atoms with Crippen LogP contribution in [-0.2, 0) is 14.3 Å². The van der Waals surface area contributed by atoms with Crippen LogP contribution < -0.4 is 5.43 Å². The lowest BCUT2D eigenvalue weighted by Gasteiger charge is -2.36. The fourth-order valence-corrected chi connectivity index (χ4v) is 3.85. The number of aliphatic hydroxyl groups is 1. The summed E-state index contributed by atoms with van der Waals surface area (Å²) in [5.41, 5.74) is 0.861. The normalized spacial score (nSPS) is 23.6. The van der Waals surface area contributed by atoms with Crippen LogP contribution in [0, 0.1) is 5.92 Å². The van der Waals surface area contributed by atoms with Crippen LogP contribution in [0.25, 0.3) is 11.0 Å². The van der Waals surface area contributed by atoms with Gasteiger partial charge in [-0.15, -0.1) is 0 Å². The van der Waals surface area contributed by atoms with E-state index in [4.69, 9.17) is 13.9 Å². The molecule has 1 N–H and O–H groups in total. The average Bonchev–Trinajstić information content (AvgIpc) is 3.58. The van der Waals surface area contributed by atoms with Crippen molar-refractivity contribution in [1.82, 2.24) is 4.90 Å². The molecule has 0 spiro atoms. The van der Waals surface area contributed by atoms with Gasteiger partial charge in [0.2, 0.25) is 6.29 Å². The third-order valence-electron chi connectivity index (χ3n) is 5.42. The summed E-state index contributed by atoms with van der Waals surface area (Å²) in [6.07, 6.45) is 3.65. The van der Waals surface area contributed by atoms with Gasteiger partial charge in [0.25, 0.3) is 5.91 Å². The number of rotatable bonds is 7. The first-order valence-electron chi connectivity index (χ1n) is 10.0. The summed E-state index contributed by atoms with van der Waals surface area (Å²) < 4.78 is 17.4. The van der Waals surface area contributed by atoms with Crippen molar-refractivity contribution in [1.29, 1.82) is 0 Å². The van der Waals surface area contributed by atoms with Crippen molar-refractivity contribution in [3.63, 3.8) is 0 Å². The standard InChI is InChI=1S/C22H25NO6/c1-2-27-22-14(7-5-11-24)16(12-19(29-22)21(26)23-9-10-23)17-13-28-18-8-4-3-6-15(18)20(17)25/h3-4,6,8,12-14,16,22,24H,2,5,7,9-11H2,1H3/t14-,16-,22+/m1/s1. The first kappa shape index (κ1) is 19.7. The quantitative estimate of drug-likeness (QED) is 0.719. The summed E-state index contributed by atoms with van der Waals surface area (Å²) in [6, 6.07) is 7.10. The van der Waals surface area contributed by atoms with Crippen molar-refractivity contribution in [2.24, 2.45) is 5.92 Å². The van der Waals surface area contributed by atoms with Crippen LogP contribution >= 0.6 is 0 Å². The Morgan fingerprint density at radius 1 is 1.31 bits per heavy atom. The summed E-state index contributed by atoms with van der Waals surface area (Å²) in [7, 11) is 0. The fourth-order valence-electron chi connectivity index (χ4n) is 3.85. The first-order valence-corrected chi connectivity index (χ1v) is 10.0. The van der Waals surface area contributed by atoms with E-state index in [9.17, 15) is 14.7 Å². The molecule has 0 bridgehead atoms. The minimum absolute atomic E-state index is 0.0255. The number of para-hydroxylation sites is 1. The van der Waals surface area contributed by atoms with Crippen molar-refractivity contribution in [3.8, 4) is 0 Å². The first-order chi connectivity index (χ1) is 14.1. The summed E-state index contributed by atoms with van der Waals surface area (Å²) in [4.78, 5) is 27.5. The molecule has 3 atom stereocenters. The van der Waals surface area contributed by atoms with E-state index in [0.717, 1.165) is 0 Å². The van der Waals surface area contributed by atoms with Gasteiger partial charge in [0.1, 0.15) is 5.58 Å². The Morgan fingerprint density at radius 2 is 2.10 bits per heavy atom. The van der Waals surface area contributed by atoms with Crippen LogP contribution in [0.5, 0.6) is 0 Å². The van der Waals surface area contributed by atoms with Crippen LogP contribution in [0.2, 0.25) is 0 Å². The molecule has 1 saturated heterocycles. The zero-order valence-corrected chi connectivity index (χ0v) is 16.4. The van der Waals surface area contributed by atoms with Crippen LogP contribution in [0.1, 0.15) is 31.2 Å². The molecule has 1 aromatic heterocycles. The number of nitrogens with zero attached hydrogens (tertiary/aromatic N) is 1. The Bertz CT molecular complexity index is 977. The Hall–Kier alpha value is -2.64. The molecule has 2 aliphatic heterocycles. The SMILES string of the molecule is CCO[C@H]1OC(C(=O)N2CC2)=C[C@@H](c2coc3ccccc3c2=O)[C@H]1CCCO. The predicted molar refractivity (Wildman–Crippen MR) is 106 cm³/mol. The van der Waals surface area contributed by atoms with Crippen molar-refractivity contribution >= 4 is 16.9 Å². The van der Waals surface area contributed by atoms with Gasteiger partial charge in [0, 0.05) is 43.7 Å². The molecular weight excluding hydrogens is 374 g/mol. The molecule has 4 rings (SSSR count). The highest BCUT2D eigenvalue weighted by molar-refractivity contribution is 5.93. The number of hydrogen-bond acceptors (Lipinski definition) is 6. The second-order valence-corrected chi connectivity index (χ2v) is 7.34. The molecule has 1 amide bonds. The number of carbonyl (C=O) groups is 1. The van der Waals surface area contributed by atoms with E-state index in [0.29, 0.717) is 49.1 Å². The highest BCUT2D eigenvalue weighted by Gasteiger charge is 2.41. The van der Waals surface area contributed by atoms with E-state index in [-0.39, 0.29) is 29.6 Å². The Morgan fingerprint density at radius 3 is 2.83 bits per heavy atom. The topological polar surface area (TPSA) is 89.0 Å². The van der Waals surface area contributed by atoms with Crippen molar-refractivity contribution in [3.05, 3.63) is 58.2 Å². The van der Waals surface area contributed by atoms with Gasteiger partial charge in [-0.2, -0.15) is 0 Å². The van der Waals surface area contributed by atoms with E-state index in [1.165, 1.54) is 6.26 Å². The van der Waals surface area contributed by atoms with Crippen LogP contribution in [0.15, 0.2) is 51.6 Å². The molecule has 7 nitrogen and oxygen atoms in total. The second-order valence-electron chi connectivity index (χ2n) is 7.34. The number of benzene rings is 1. The number of hydrogen-bond donors (Lipinski definition) is 1. The zero-order valence-electron chi connectivity index (χ0n) is 16.4. The van der Waals surface area contributed by atoms with E-state index in [1.807, 2.05) is 13.0 Å². The molecule has 0 radical (unpaired) electrons. The minimum atomic E-state index is -0.675. The van der Waals surface area contributed by atoms with E-state index in [2.05, 4.69) is 0 Å². The van der Waals surface area contributed by atoms with Gasteiger partial charge < -0.3 is 23.9 Å². The zero-order chi connectivity index (χ0) is 20.4. The molecule has 2 aromatic rings. The van der Waals surface area contributed by atoms with Gasteiger partial charge in [-0.1, -0.05) is 12.1 Å². The summed E-state index contributed by atoms with van der Waals surface area (Å²) in [5.74, 6) is -0.618. The average molecular weight is 399 g/mol. The van der Waals surface area contributed by atoms with Gasteiger partial charge in [0.15, 0.2) is 11.2 Å². The second kappa shape index (κ2) is 8.39. The summed E-state index contributed by atoms with van der Waals surface area (Å²) >= 11 is 0. The molecular formula is C22H25NO6. The molecule has 2 aliphatic rings. The van der Waals surface area contributed by atoms with E-state index < -0.39 is 12.2 Å². The van der Waals surface area contributed by atoms with Gasteiger partial charge in [-0.05, 0) is 38.0 Å². The molecule has 1 aromatic carbocycles. The third-order valence-corrected chi connectivity index (χ3v) is 5.42. The van der Waals surface area contributed by atoms with Gasteiger partial charge in [0.05, 0.1) is 11.6 Å². The Labute approximate surface area is 168 Å². The number of ether oxygens (including phenoxy) is 2. The number of allylic oxidation sites excluding steroid dienone is 1. The molecule has 0 unspecified atom stereocenters. The van der Waals surface area contributed by atoms with E-state index in [1.54, 1.807) is 29.2 Å². The highest BCUT2D eigenvalue weighted by Crippen LogP contribution is 2.39. The minimum Gasteiger partial charge on any atom is -0.464 e. The van der Waals surface area contributed by atoms with Crippen LogP contribution in [0.4, 0.5) is 0 Å². The molecule has 0 saturated carbocycles. The Balaban J connectivity index is 1.80. The maximum atomic E-state index is 13.2. The fraction of sp³-hybridized carbons (Fsp3) is 0.455. The van der Waals surface area contributed by atoms with Gasteiger partial charge in [-0.25, -0.2) is 0 Å². The molecule has 154 valence electrons. The highest BCUT2D eigenvalue weighted by atomic mass is 16.7. The molecule has 1 fully saturated rings. The summed E-state index contributed by atoms with van der Waals surface area (Å²) in [5, 5.41) is 9.85. The molecule has 7 heteroatoms. The predicted octanol–water partition coefficient (Wildman–Crippen LogP) is 2.38. The van der Waals surface area contributed by atoms with Crippen LogP contribution in [0.3, 0.4) is 0 Å². The van der Waals surface area contributed by atoms with Crippen molar-refractivity contribution in [2.45, 2.75) is 32.0 Å². The summed E-state index contributed by atoms with van der Waals surface area (Å²) in [6.45, 7) is 3.70. The third kappa shape index (κ3) is 3.93. The molecule has 29 heavy (non-hydrogen) atoms. The van der Waals surface area contributed by atoms with Crippen LogP contribution in [-0.4, -0.2) is 48.5 Å². The molecule has 3 heterocycles. The van der Waals surface area contributed by atoms with Crippen molar-refractivity contribution in [2.75, 3.05) is 26.3 Å². The van der Waals surface area contributed by atoms with Gasteiger partial charge >= 0.3 is 0 Å². The lowest BCUT2D eigenvalue weighted by Crippen LogP contribution is -2.38. The number of amides is 1. The van der Waals surface area contributed by atoms with Crippen molar-refractivity contribution < 1.29 is 23.8 Å². The number of aliphatic hydroxyl groups excluding tert-OH is 1. The maximum absolute atomic E-state index is 13.2. The largest absolute Gasteiger partial charge is 0.464 e. The number of fused-ring (bicyclic) bond motifs is 1. The molecule has 0 aliphatic carbocycles. The van der Waals surface area contributed by atoms with E-state index >= 15 is 0 Å². The Kier molecular flexibility index (Phi) is 5.69. The number of carbonyl (C=O) groups excluding carboxylic acids is 1. The maximum Gasteiger partial charge on any atom is 0.288 e. The lowest BCUT2D eigenvalue weighted by atomic mass is 9.81. The smallest absolute Gasteiger partial charge is 0.288 e. The van der Waals surface area contributed by atoms with Gasteiger partial charge in [-0.3, -0.25) is 9.59 Å².